The minimum Gasteiger partial charge on any atom is -0.472 e. The summed E-state index contributed by atoms with van der Waals surface area (Å²) in [5.41, 5.74) is 1.26. The molecule has 1 aromatic heterocycles. The number of furan rings is 1. The lowest BCUT2D eigenvalue weighted by Crippen LogP contribution is -2.43. The Bertz CT molecular complexity index is 365. The molecule has 0 unspecified atom stereocenters. The van der Waals surface area contributed by atoms with Crippen LogP contribution in [0.3, 0.4) is 0 Å². The molecule has 0 radical (unpaired) electrons. The van der Waals surface area contributed by atoms with Crippen LogP contribution in [0.2, 0.25) is 0 Å². The molecular weight excluding hydrogens is 230 g/mol. The average molecular weight is 251 g/mol. The lowest BCUT2D eigenvalue weighted by Gasteiger charge is -2.35. The first-order chi connectivity index (χ1) is 8.86. The standard InChI is InChI=1S/C14H21NO3/c1-16-10-12-2-3-13-14(18-12)4-6-15(13)8-11-5-7-17-9-11/h5,7,9,12-14H,2-4,6,8,10H2,1H3/t12-,13-,14-/m0/s1. The Balaban J connectivity index is 1.58. The van der Waals surface area contributed by atoms with E-state index in [1.165, 1.54) is 12.0 Å². The third-order valence-corrected chi connectivity index (χ3v) is 4.07. The second kappa shape index (κ2) is 5.43. The van der Waals surface area contributed by atoms with Crippen LogP contribution in [0, 0.1) is 0 Å². The first-order valence-electron chi connectivity index (χ1n) is 6.76. The molecule has 0 aliphatic carbocycles. The van der Waals surface area contributed by atoms with Gasteiger partial charge in [0, 0.05) is 31.8 Å². The fourth-order valence-electron chi connectivity index (χ4n) is 3.21. The smallest absolute Gasteiger partial charge is 0.0947 e. The topological polar surface area (TPSA) is 34.8 Å². The molecule has 0 bridgehead atoms. The second-order valence-electron chi connectivity index (χ2n) is 5.29. The fraction of sp³-hybridized carbons (Fsp3) is 0.714. The number of ether oxygens (including phenoxy) is 2. The Kier molecular flexibility index (Phi) is 3.68. The number of nitrogens with zero attached hydrogens (tertiary/aromatic N) is 1. The predicted octanol–water partition coefficient (Wildman–Crippen LogP) is 2.05. The van der Waals surface area contributed by atoms with Gasteiger partial charge in [0.2, 0.25) is 0 Å². The summed E-state index contributed by atoms with van der Waals surface area (Å²) in [4.78, 5) is 2.53. The highest BCUT2D eigenvalue weighted by molar-refractivity contribution is 5.07. The van der Waals surface area contributed by atoms with Crippen LogP contribution < -0.4 is 0 Å². The van der Waals surface area contributed by atoms with Crippen molar-refractivity contribution in [3.63, 3.8) is 0 Å². The van der Waals surface area contributed by atoms with E-state index in [9.17, 15) is 0 Å². The lowest BCUT2D eigenvalue weighted by atomic mass is 9.99. The predicted molar refractivity (Wildman–Crippen MR) is 67.3 cm³/mol. The van der Waals surface area contributed by atoms with E-state index in [4.69, 9.17) is 13.9 Å². The minimum absolute atomic E-state index is 0.296. The van der Waals surface area contributed by atoms with E-state index < -0.39 is 0 Å². The maximum absolute atomic E-state index is 6.11. The van der Waals surface area contributed by atoms with Crippen LogP contribution in [0.1, 0.15) is 24.8 Å². The summed E-state index contributed by atoms with van der Waals surface area (Å²) in [5, 5.41) is 0. The average Bonchev–Trinajstić information content (AvgIpc) is 3.00. The minimum atomic E-state index is 0.296. The van der Waals surface area contributed by atoms with Crippen molar-refractivity contribution >= 4 is 0 Å². The fourth-order valence-corrected chi connectivity index (χ4v) is 3.21. The van der Waals surface area contributed by atoms with Crippen LogP contribution in [-0.2, 0) is 16.0 Å². The highest BCUT2D eigenvalue weighted by Gasteiger charge is 2.39. The highest BCUT2D eigenvalue weighted by Crippen LogP contribution is 2.32. The van der Waals surface area contributed by atoms with Crippen molar-refractivity contribution < 1.29 is 13.9 Å². The van der Waals surface area contributed by atoms with Crippen molar-refractivity contribution in [3.8, 4) is 0 Å². The molecule has 2 saturated heterocycles. The third-order valence-electron chi connectivity index (χ3n) is 4.07. The van der Waals surface area contributed by atoms with E-state index in [1.807, 2.05) is 12.3 Å². The molecular formula is C14H21NO3. The molecule has 3 rings (SSSR count). The van der Waals surface area contributed by atoms with Crippen molar-refractivity contribution in [2.45, 2.75) is 44.1 Å². The molecule has 2 fully saturated rings. The lowest BCUT2D eigenvalue weighted by molar-refractivity contribution is -0.0938. The summed E-state index contributed by atoms with van der Waals surface area (Å²) >= 11 is 0. The van der Waals surface area contributed by atoms with Crippen LogP contribution in [0.4, 0.5) is 0 Å². The summed E-state index contributed by atoms with van der Waals surface area (Å²) in [6, 6.07) is 2.62. The third kappa shape index (κ3) is 2.46. The zero-order valence-electron chi connectivity index (χ0n) is 10.9. The molecule has 18 heavy (non-hydrogen) atoms. The van der Waals surface area contributed by atoms with Gasteiger partial charge in [-0.2, -0.15) is 0 Å². The number of methoxy groups -OCH3 is 1. The molecule has 2 aliphatic rings. The Morgan fingerprint density at radius 2 is 2.33 bits per heavy atom. The van der Waals surface area contributed by atoms with Gasteiger partial charge in [0.25, 0.3) is 0 Å². The summed E-state index contributed by atoms with van der Waals surface area (Å²) < 4.78 is 16.4. The molecule has 2 aliphatic heterocycles. The SMILES string of the molecule is COC[C@@H]1CC[C@H]2[C@H](CCN2Cc2ccoc2)O1. The molecule has 0 amide bonds. The van der Waals surface area contributed by atoms with Gasteiger partial charge in [-0.1, -0.05) is 0 Å². The largest absolute Gasteiger partial charge is 0.472 e. The Morgan fingerprint density at radius 1 is 1.39 bits per heavy atom. The van der Waals surface area contributed by atoms with Crippen molar-refractivity contribution in [2.24, 2.45) is 0 Å². The van der Waals surface area contributed by atoms with Crippen LogP contribution in [0.5, 0.6) is 0 Å². The number of rotatable bonds is 4. The van der Waals surface area contributed by atoms with Crippen LogP contribution in [-0.4, -0.2) is 43.4 Å². The summed E-state index contributed by atoms with van der Waals surface area (Å²) in [5.74, 6) is 0. The first-order valence-corrected chi connectivity index (χ1v) is 6.76. The molecule has 0 aromatic carbocycles. The zero-order valence-corrected chi connectivity index (χ0v) is 10.9. The van der Waals surface area contributed by atoms with Gasteiger partial charge in [-0.3, -0.25) is 4.90 Å². The van der Waals surface area contributed by atoms with Gasteiger partial charge in [0.05, 0.1) is 31.3 Å². The molecule has 0 spiro atoms. The van der Waals surface area contributed by atoms with Crippen LogP contribution in [0.25, 0.3) is 0 Å². The molecule has 4 nitrogen and oxygen atoms in total. The van der Waals surface area contributed by atoms with Gasteiger partial charge in [0.15, 0.2) is 0 Å². The van der Waals surface area contributed by atoms with Gasteiger partial charge in [-0.05, 0) is 25.3 Å². The van der Waals surface area contributed by atoms with Crippen molar-refractivity contribution in [2.75, 3.05) is 20.3 Å². The number of hydrogen-bond acceptors (Lipinski definition) is 4. The van der Waals surface area contributed by atoms with E-state index in [1.54, 1.807) is 13.4 Å². The van der Waals surface area contributed by atoms with Gasteiger partial charge in [-0.25, -0.2) is 0 Å². The highest BCUT2D eigenvalue weighted by atomic mass is 16.5. The molecule has 100 valence electrons. The van der Waals surface area contributed by atoms with Crippen molar-refractivity contribution in [1.82, 2.24) is 4.90 Å². The van der Waals surface area contributed by atoms with E-state index in [-0.39, 0.29) is 0 Å². The van der Waals surface area contributed by atoms with Crippen LogP contribution in [0.15, 0.2) is 23.0 Å². The number of hydrogen-bond donors (Lipinski definition) is 0. The molecule has 3 atom stereocenters. The van der Waals surface area contributed by atoms with Crippen molar-refractivity contribution in [1.29, 1.82) is 0 Å². The zero-order chi connectivity index (χ0) is 12.4. The quantitative estimate of drug-likeness (QED) is 0.820. The van der Waals surface area contributed by atoms with Gasteiger partial charge < -0.3 is 13.9 Å². The maximum Gasteiger partial charge on any atom is 0.0947 e. The number of likely N-dealkylation sites (tertiary alicyclic amines) is 1. The van der Waals surface area contributed by atoms with E-state index in [0.717, 1.165) is 32.5 Å². The van der Waals surface area contributed by atoms with Gasteiger partial charge in [-0.15, -0.1) is 0 Å². The summed E-state index contributed by atoms with van der Waals surface area (Å²) in [6.07, 6.45) is 7.74. The first kappa shape index (κ1) is 12.2. The molecule has 4 heteroatoms. The van der Waals surface area contributed by atoms with E-state index in [2.05, 4.69) is 4.90 Å². The van der Waals surface area contributed by atoms with Gasteiger partial charge in [0.1, 0.15) is 0 Å². The Morgan fingerprint density at radius 3 is 3.11 bits per heavy atom. The molecule has 0 saturated carbocycles. The van der Waals surface area contributed by atoms with Crippen molar-refractivity contribution in [3.05, 3.63) is 24.2 Å². The maximum atomic E-state index is 6.11. The normalized spacial score (nSPS) is 32.6. The summed E-state index contributed by atoms with van der Waals surface area (Å²) in [7, 11) is 1.75. The summed E-state index contributed by atoms with van der Waals surface area (Å²) in [6.45, 7) is 2.83. The van der Waals surface area contributed by atoms with Gasteiger partial charge >= 0.3 is 0 Å². The Labute approximate surface area is 108 Å². The number of fused-ring (bicyclic) bond motifs is 1. The van der Waals surface area contributed by atoms with E-state index in [0.29, 0.717) is 18.2 Å². The van der Waals surface area contributed by atoms with Crippen LogP contribution >= 0.6 is 0 Å². The second-order valence-corrected chi connectivity index (χ2v) is 5.29. The Hall–Kier alpha value is -0.840. The monoisotopic (exact) mass is 251 g/mol. The molecule has 1 aromatic rings. The van der Waals surface area contributed by atoms with E-state index >= 15 is 0 Å². The molecule has 3 heterocycles. The molecule has 0 N–H and O–H groups in total.